The van der Waals surface area contributed by atoms with E-state index in [1.165, 1.54) is 12.1 Å². The second kappa shape index (κ2) is 6.53. The predicted molar refractivity (Wildman–Crippen MR) is 71.9 cm³/mol. The van der Waals surface area contributed by atoms with Gasteiger partial charge in [0.05, 0.1) is 6.42 Å². The molecule has 0 radical (unpaired) electrons. The molecule has 0 aromatic heterocycles. The van der Waals surface area contributed by atoms with Gasteiger partial charge in [-0.05, 0) is 18.2 Å². The van der Waals surface area contributed by atoms with Crippen molar-refractivity contribution in [2.45, 2.75) is 12.5 Å². The monoisotopic (exact) mass is 348 g/mol. The molecule has 0 spiro atoms. The van der Waals surface area contributed by atoms with E-state index in [1.807, 2.05) is 0 Å². The summed E-state index contributed by atoms with van der Waals surface area (Å²) in [4.78, 5) is 33.4. The summed E-state index contributed by atoms with van der Waals surface area (Å²) in [6.07, 6.45) is -0.483. The van der Waals surface area contributed by atoms with E-state index in [4.69, 9.17) is 22.4 Å². The van der Waals surface area contributed by atoms with Gasteiger partial charge < -0.3 is 16.2 Å². The molecule has 102 valence electrons. The van der Waals surface area contributed by atoms with E-state index in [1.54, 1.807) is 6.07 Å². The molecule has 19 heavy (non-hydrogen) atoms. The van der Waals surface area contributed by atoms with Crippen molar-refractivity contribution in [3.63, 3.8) is 0 Å². The summed E-state index contributed by atoms with van der Waals surface area (Å²) in [7, 11) is 0. The molecule has 1 atom stereocenters. The molecule has 0 unspecified atom stereocenters. The van der Waals surface area contributed by atoms with E-state index in [-0.39, 0.29) is 5.56 Å². The Bertz CT molecular complexity index is 515. The molecular weight excluding hydrogens is 339 g/mol. The maximum absolute atomic E-state index is 11.8. The Morgan fingerprint density at radius 3 is 2.47 bits per heavy atom. The van der Waals surface area contributed by atoms with Crippen LogP contribution in [0.15, 0.2) is 22.7 Å². The lowest BCUT2D eigenvalue weighted by Gasteiger charge is -2.13. The standard InChI is InChI=1S/C11H10BrClN2O4/c12-6-1-5(2-7(13)3-6)10(17)15-8(11(18)19)4-9(14)16/h1-3,8H,4H2,(H2,14,16)(H,15,17)(H,18,19)/t8-/m1/s1. The number of aliphatic carboxylic acids is 1. The molecule has 1 rings (SSSR count). The quantitative estimate of drug-likeness (QED) is 0.741. The number of hydrogen-bond acceptors (Lipinski definition) is 3. The molecule has 0 fully saturated rings. The molecule has 0 heterocycles. The fourth-order valence-electron chi connectivity index (χ4n) is 1.33. The van der Waals surface area contributed by atoms with Gasteiger partial charge in [-0.25, -0.2) is 4.79 Å². The molecule has 1 aromatic carbocycles. The number of carboxylic acids is 1. The number of nitrogens with two attached hydrogens (primary N) is 1. The number of amides is 2. The highest BCUT2D eigenvalue weighted by atomic mass is 79.9. The highest BCUT2D eigenvalue weighted by Crippen LogP contribution is 2.19. The van der Waals surface area contributed by atoms with Crippen molar-refractivity contribution >= 4 is 45.3 Å². The number of hydrogen-bond donors (Lipinski definition) is 3. The van der Waals surface area contributed by atoms with Crippen LogP contribution in [-0.4, -0.2) is 28.9 Å². The fourth-order valence-corrected chi connectivity index (χ4v) is 2.19. The zero-order valence-electron chi connectivity index (χ0n) is 9.52. The van der Waals surface area contributed by atoms with Crippen LogP contribution in [0.4, 0.5) is 0 Å². The van der Waals surface area contributed by atoms with Crippen molar-refractivity contribution in [1.82, 2.24) is 5.32 Å². The van der Waals surface area contributed by atoms with Crippen LogP contribution in [0, 0.1) is 0 Å². The van der Waals surface area contributed by atoms with Crippen LogP contribution in [0.1, 0.15) is 16.8 Å². The van der Waals surface area contributed by atoms with Crippen molar-refractivity contribution in [1.29, 1.82) is 0 Å². The van der Waals surface area contributed by atoms with Crippen LogP contribution in [0.3, 0.4) is 0 Å². The number of primary amides is 1. The molecule has 0 aliphatic heterocycles. The maximum atomic E-state index is 11.8. The molecule has 0 bridgehead atoms. The third-order valence-electron chi connectivity index (χ3n) is 2.13. The van der Waals surface area contributed by atoms with Gasteiger partial charge in [-0.1, -0.05) is 27.5 Å². The minimum atomic E-state index is -1.37. The Balaban J connectivity index is 2.87. The Morgan fingerprint density at radius 2 is 2.00 bits per heavy atom. The lowest BCUT2D eigenvalue weighted by molar-refractivity contribution is -0.140. The van der Waals surface area contributed by atoms with E-state index in [9.17, 15) is 14.4 Å². The number of carboxylic acid groups (broad SMARTS) is 1. The molecule has 8 heteroatoms. The summed E-state index contributed by atoms with van der Waals surface area (Å²) in [5.74, 6) is -2.81. The van der Waals surface area contributed by atoms with Gasteiger partial charge in [0.2, 0.25) is 5.91 Å². The van der Waals surface area contributed by atoms with Gasteiger partial charge in [-0.2, -0.15) is 0 Å². The van der Waals surface area contributed by atoms with Gasteiger partial charge in [-0.3, -0.25) is 9.59 Å². The molecule has 2 amide bonds. The number of carbonyl (C=O) groups excluding carboxylic acids is 2. The Hall–Kier alpha value is -1.60. The highest BCUT2D eigenvalue weighted by Gasteiger charge is 2.22. The number of benzene rings is 1. The maximum Gasteiger partial charge on any atom is 0.326 e. The molecule has 1 aromatic rings. The van der Waals surface area contributed by atoms with Gasteiger partial charge in [0.15, 0.2) is 0 Å². The first-order valence-electron chi connectivity index (χ1n) is 5.07. The fraction of sp³-hybridized carbons (Fsp3) is 0.182. The summed E-state index contributed by atoms with van der Waals surface area (Å²) in [5.41, 5.74) is 5.09. The van der Waals surface area contributed by atoms with Gasteiger partial charge in [0, 0.05) is 15.1 Å². The Labute approximate surface area is 122 Å². The second-order valence-corrected chi connectivity index (χ2v) is 5.04. The number of halogens is 2. The van der Waals surface area contributed by atoms with Gasteiger partial charge in [0.1, 0.15) is 6.04 Å². The minimum absolute atomic E-state index is 0.176. The second-order valence-electron chi connectivity index (χ2n) is 3.69. The highest BCUT2D eigenvalue weighted by molar-refractivity contribution is 9.10. The summed E-state index contributed by atoms with van der Waals surface area (Å²) in [6.45, 7) is 0. The Kier molecular flexibility index (Phi) is 5.31. The summed E-state index contributed by atoms with van der Waals surface area (Å²) < 4.78 is 0.576. The van der Waals surface area contributed by atoms with Crippen LogP contribution in [0.25, 0.3) is 0 Å². The van der Waals surface area contributed by atoms with Gasteiger partial charge in [-0.15, -0.1) is 0 Å². The largest absolute Gasteiger partial charge is 0.480 e. The lowest BCUT2D eigenvalue weighted by Crippen LogP contribution is -2.43. The molecule has 4 N–H and O–H groups in total. The number of rotatable bonds is 5. The van der Waals surface area contributed by atoms with Crippen LogP contribution in [0.5, 0.6) is 0 Å². The molecule has 0 saturated heterocycles. The van der Waals surface area contributed by atoms with Crippen molar-refractivity contribution in [2.24, 2.45) is 5.73 Å². The first-order valence-corrected chi connectivity index (χ1v) is 6.24. The van der Waals surface area contributed by atoms with Gasteiger partial charge >= 0.3 is 5.97 Å². The van der Waals surface area contributed by atoms with Crippen LogP contribution < -0.4 is 11.1 Å². The average molecular weight is 350 g/mol. The van der Waals surface area contributed by atoms with E-state index in [0.717, 1.165) is 0 Å². The van der Waals surface area contributed by atoms with Gasteiger partial charge in [0.25, 0.3) is 5.91 Å². The van der Waals surface area contributed by atoms with E-state index >= 15 is 0 Å². The van der Waals surface area contributed by atoms with E-state index < -0.39 is 30.2 Å². The van der Waals surface area contributed by atoms with E-state index in [2.05, 4.69) is 21.2 Å². The zero-order chi connectivity index (χ0) is 14.6. The van der Waals surface area contributed by atoms with E-state index in [0.29, 0.717) is 9.50 Å². The van der Waals surface area contributed by atoms with Crippen molar-refractivity contribution in [3.8, 4) is 0 Å². The summed E-state index contributed by atoms with van der Waals surface area (Å²) in [6, 6.07) is 3.06. The minimum Gasteiger partial charge on any atom is -0.480 e. The predicted octanol–water partition coefficient (Wildman–Crippen LogP) is 1.16. The van der Waals surface area contributed by atoms with Crippen molar-refractivity contribution in [2.75, 3.05) is 0 Å². The topological polar surface area (TPSA) is 109 Å². The zero-order valence-corrected chi connectivity index (χ0v) is 11.9. The average Bonchev–Trinajstić information content (AvgIpc) is 2.25. The number of nitrogens with one attached hydrogen (secondary N) is 1. The third kappa shape index (κ3) is 4.88. The summed E-state index contributed by atoms with van der Waals surface area (Å²) in [5, 5.41) is 11.4. The van der Waals surface area contributed by atoms with Crippen LogP contribution in [0.2, 0.25) is 5.02 Å². The smallest absolute Gasteiger partial charge is 0.326 e. The third-order valence-corrected chi connectivity index (χ3v) is 2.81. The SMILES string of the molecule is NC(=O)C[C@@H](NC(=O)c1cc(Cl)cc(Br)c1)C(=O)O. The molecule has 0 aliphatic rings. The molecule has 6 nitrogen and oxygen atoms in total. The van der Waals surface area contributed by atoms with Crippen molar-refractivity contribution < 1.29 is 19.5 Å². The van der Waals surface area contributed by atoms with Crippen molar-refractivity contribution in [3.05, 3.63) is 33.3 Å². The normalized spacial score (nSPS) is 11.7. The lowest BCUT2D eigenvalue weighted by atomic mass is 10.1. The molecule has 0 saturated carbocycles. The Morgan fingerprint density at radius 1 is 1.37 bits per heavy atom. The molecular formula is C11H10BrClN2O4. The van der Waals surface area contributed by atoms with Crippen LogP contribution >= 0.6 is 27.5 Å². The first kappa shape index (κ1) is 15.5. The summed E-state index contributed by atoms with van der Waals surface area (Å²) >= 11 is 8.94. The van der Waals surface area contributed by atoms with Crippen LogP contribution in [-0.2, 0) is 9.59 Å². The molecule has 0 aliphatic carbocycles. The first-order chi connectivity index (χ1) is 8.79. The number of carbonyl (C=O) groups is 3.